The molecule has 0 spiro atoms. The first-order chi connectivity index (χ1) is 9.10. The normalized spacial score (nSPS) is 10.1. The second-order valence-electron chi connectivity index (χ2n) is 3.81. The van der Waals surface area contributed by atoms with Crippen LogP contribution in [-0.2, 0) is 0 Å². The summed E-state index contributed by atoms with van der Waals surface area (Å²) < 4.78 is 6.98. The Labute approximate surface area is 128 Å². The highest BCUT2D eigenvalue weighted by atomic mass is 79.9. The van der Waals surface area contributed by atoms with Crippen LogP contribution in [0.2, 0.25) is 0 Å². The van der Waals surface area contributed by atoms with Gasteiger partial charge in [-0.05, 0) is 36.4 Å². The van der Waals surface area contributed by atoms with E-state index in [4.69, 9.17) is 4.74 Å². The lowest BCUT2D eigenvalue weighted by molar-refractivity contribution is 0.102. The minimum Gasteiger partial charge on any atom is -0.496 e. The van der Waals surface area contributed by atoms with Gasteiger partial charge in [-0.2, -0.15) is 0 Å². The summed E-state index contributed by atoms with van der Waals surface area (Å²) in [5.74, 6) is 0.323. The molecule has 0 aromatic heterocycles. The fourth-order valence-corrected chi connectivity index (χ4v) is 2.36. The highest BCUT2D eigenvalue weighted by Crippen LogP contribution is 2.25. The van der Waals surface area contributed by atoms with E-state index in [9.17, 15) is 4.79 Å². The SMILES string of the molecule is COc1cc(Br)ccc1C(=O)Nc1cccc(Br)c1. The van der Waals surface area contributed by atoms with E-state index in [0.717, 1.165) is 14.6 Å². The van der Waals surface area contributed by atoms with Crippen LogP contribution in [0, 0.1) is 0 Å². The average molecular weight is 385 g/mol. The maximum absolute atomic E-state index is 12.2. The van der Waals surface area contributed by atoms with Gasteiger partial charge in [-0.25, -0.2) is 0 Å². The number of nitrogens with one attached hydrogen (secondary N) is 1. The van der Waals surface area contributed by atoms with Crippen molar-refractivity contribution in [2.75, 3.05) is 12.4 Å². The predicted molar refractivity (Wildman–Crippen MR) is 82.8 cm³/mol. The zero-order chi connectivity index (χ0) is 13.8. The molecule has 5 heteroatoms. The monoisotopic (exact) mass is 383 g/mol. The highest BCUT2D eigenvalue weighted by Gasteiger charge is 2.12. The van der Waals surface area contributed by atoms with E-state index >= 15 is 0 Å². The molecule has 19 heavy (non-hydrogen) atoms. The van der Waals surface area contributed by atoms with Gasteiger partial charge in [0.15, 0.2) is 0 Å². The molecule has 0 unspecified atom stereocenters. The number of carbonyl (C=O) groups is 1. The predicted octanol–water partition coefficient (Wildman–Crippen LogP) is 4.47. The van der Waals surface area contributed by atoms with Gasteiger partial charge in [0.2, 0.25) is 0 Å². The van der Waals surface area contributed by atoms with Gasteiger partial charge in [0.05, 0.1) is 12.7 Å². The van der Waals surface area contributed by atoms with Gasteiger partial charge in [-0.1, -0.05) is 37.9 Å². The maximum atomic E-state index is 12.2. The van der Waals surface area contributed by atoms with Crippen LogP contribution in [0.1, 0.15) is 10.4 Å². The van der Waals surface area contributed by atoms with E-state index in [1.807, 2.05) is 24.3 Å². The van der Waals surface area contributed by atoms with E-state index in [2.05, 4.69) is 37.2 Å². The van der Waals surface area contributed by atoms with Crippen LogP contribution in [0.15, 0.2) is 51.4 Å². The van der Waals surface area contributed by atoms with E-state index in [1.54, 1.807) is 18.2 Å². The topological polar surface area (TPSA) is 38.3 Å². The molecule has 2 rings (SSSR count). The molecule has 0 aliphatic heterocycles. The first kappa shape index (κ1) is 14.1. The fraction of sp³-hybridized carbons (Fsp3) is 0.0714. The highest BCUT2D eigenvalue weighted by molar-refractivity contribution is 9.10. The molecule has 0 radical (unpaired) electrons. The molecule has 0 saturated carbocycles. The van der Waals surface area contributed by atoms with Crippen LogP contribution in [0.5, 0.6) is 5.75 Å². The molecule has 0 heterocycles. The van der Waals surface area contributed by atoms with Gasteiger partial charge in [0, 0.05) is 14.6 Å². The molecule has 1 amide bonds. The Hall–Kier alpha value is -1.33. The Balaban J connectivity index is 2.25. The molecule has 0 atom stereocenters. The number of carbonyl (C=O) groups excluding carboxylic acids is 1. The van der Waals surface area contributed by atoms with Gasteiger partial charge < -0.3 is 10.1 Å². The lowest BCUT2D eigenvalue weighted by Gasteiger charge is -2.10. The summed E-state index contributed by atoms with van der Waals surface area (Å²) >= 11 is 6.71. The second-order valence-corrected chi connectivity index (χ2v) is 5.64. The van der Waals surface area contributed by atoms with E-state index in [1.165, 1.54) is 7.11 Å². The smallest absolute Gasteiger partial charge is 0.259 e. The van der Waals surface area contributed by atoms with Crippen molar-refractivity contribution in [1.29, 1.82) is 0 Å². The van der Waals surface area contributed by atoms with Gasteiger partial charge >= 0.3 is 0 Å². The van der Waals surface area contributed by atoms with Crippen molar-refractivity contribution in [3.63, 3.8) is 0 Å². The number of ether oxygens (including phenoxy) is 1. The number of methoxy groups -OCH3 is 1. The molecule has 2 aromatic carbocycles. The third kappa shape index (κ3) is 3.58. The largest absolute Gasteiger partial charge is 0.496 e. The molecule has 0 bridgehead atoms. The Kier molecular flexibility index (Phi) is 4.61. The van der Waals surface area contributed by atoms with Gasteiger partial charge in [0.1, 0.15) is 5.75 Å². The third-order valence-corrected chi connectivity index (χ3v) is 3.48. The zero-order valence-electron chi connectivity index (χ0n) is 10.1. The number of rotatable bonds is 3. The molecule has 0 saturated heterocycles. The lowest BCUT2D eigenvalue weighted by Crippen LogP contribution is -2.13. The minimum absolute atomic E-state index is 0.206. The van der Waals surface area contributed by atoms with Crippen LogP contribution in [0.25, 0.3) is 0 Å². The Morgan fingerprint density at radius 2 is 1.84 bits per heavy atom. The van der Waals surface area contributed by atoms with Gasteiger partial charge in [0.25, 0.3) is 5.91 Å². The van der Waals surface area contributed by atoms with Crippen molar-refractivity contribution in [3.05, 3.63) is 57.0 Å². The van der Waals surface area contributed by atoms with Crippen molar-refractivity contribution in [3.8, 4) is 5.75 Å². The summed E-state index contributed by atoms with van der Waals surface area (Å²) in [5, 5.41) is 2.83. The van der Waals surface area contributed by atoms with Crippen molar-refractivity contribution in [2.45, 2.75) is 0 Å². The number of benzene rings is 2. The van der Waals surface area contributed by atoms with Crippen molar-refractivity contribution >= 4 is 43.5 Å². The molecule has 0 aliphatic rings. The van der Waals surface area contributed by atoms with Crippen molar-refractivity contribution in [2.24, 2.45) is 0 Å². The Morgan fingerprint density at radius 1 is 1.11 bits per heavy atom. The van der Waals surface area contributed by atoms with E-state index in [-0.39, 0.29) is 5.91 Å². The summed E-state index contributed by atoms with van der Waals surface area (Å²) in [4.78, 5) is 12.2. The second kappa shape index (κ2) is 6.21. The molecule has 1 N–H and O–H groups in total. The number of anilines is 1. The standard InChI is InChI=1S/C14H11Br2NO2/c1-19-13-8-10(16)5-6-12(13)14(18)17-11-4-2-3-9(15)7-11/h2-8H,1H3,(H,17,18). The quantitative estimate of drug-likeness (QED) is 0.847. The molecule has 2 aromatic rings. The van der Waals surface area contributed by atoms with E-state index in [0.29, 0.717) is 11.3 Å². The summed E-state index contributed by atoms with van der Waals surface area (Å²) in [6.07, 6.45) is 0. The Morgan fingerprint density at radius 3 is 2.53 bits per heavy atom. The molecule has 0 aliphatic carbocycles. The zero-order valence-corrected chi connectivity index (χ0v) is 13.3. The summed E-state index contributed by atoms with van der Waals surface area (Å²) in [6, 6.07) is 12.7. The number of hydrogen-bond donors (Lipinski definition) is 1. The van der Waals surface area contributed by atoms with Crippen LogP contribution >= 0.6 is 31.9 Å². The first-order valence-electron chi connectivity index (χ1n) is 5.50. The number of hydrogen-bond acceptors (Lipinski definition) is 2. The lowest BCUT2D eigenvalue weighted by atomic mass is 10.2. The molecular weight excluding hydrogens is 374 g/mol. The van der Waals surface area contributed by atoms with Gasteiger partial charge in [-0.3, -0.25) is 4.79 Å². The van der Waals surface area contributed by atoms with Gasteiger partial charge in [-0.15, -0.1) is 0 Å². The maximum Gasteiger partial charge on any atom is 0.259 e. The summed E-state index contributed by atoms with van der Waals surface area (Å²) in [7, 11) is 1.54. The Bertz CT molecular complexity index is 614. The molecule has 0 fully saturated rings. The molecular formula is C14H11Br2NO2. The summed E-state index contributed by atoms with van der Waals surface area (Å²) in [6.45, 7) is 0. The molecule has 98 valence electrons. The van der Waals surface area contributed by atoms with Crippen LogP contribution in [0.3, 0.4) is 0 Å². The molecule has 3 nitrogen and oxygen atoms in total. The average Bonchev–Trinajstić information content (AvgIpc) is 2.38. The number of halogens is 2. The minimum atomic E-state index is -0.206. The van der Waals surface area contributed by atoms with Crippen LogP contribution < -0.4 is 10.1 Å². The first-order valence-corrected chi connectivity index (χ1v) is 7.09. The number of amides is 1. The van der Waals surface area contributed by atoms with Crippen molar-refractivity contribution < 1.29 is 9.53 Å². The van der Waals surface area contributed by atoms with E-state index < -0.39 is 0 Å². The van der Waals surface area contributed by atoms with Crippen LogP contribution in [0.4, 0.5) is 5.69 Å². The van der Waals surface area contributed by atoms with Crippen LogP contribution in [-0.4, -0.2) is 13.0 Å². The summed E-state index contributed by atoms with van der Waals surface area (Å²) in [5.41, 5.74) is 1.22. The fourth-order valence-electron chi connectivity index (χ4n) is 1.62. The van der Waals surface area contributed by atoms with Crippen molar-refractivity contribution in [1.82, 2.24) is 0 Å². The third-order valence-electron chi connectivity index (χ3n) is 2.49.